The van der Waals surface area contributed by atoms with Crippen molar-refractivity contribution < 1.29 is 4.79 Å². The molecule has 168 valence electrons. The fourth-order valence-corrected chi connectivity index (χ4v) is 4.38. The van der Waals surface area contributed by atoms with Gasteiger partial charge in [-0.2, -0.15) is 4.98 Å². The van der Waals surface area contributed by atoms with E-state index < -0.39 is 0 Å². The van der Waals surface area contributed by atoms with Crippen molar-refractivity contribution >= 4 is 28.6 Å². The number of amides is 1. The molecule has 6 nitrogen and oxygen atoms in total. The minimum absolute atomic E-state index is 0.0981. The summed E-state index contributed by atoms with van der Waals surface area (Å²) in [5, 5.41) is 7.70. The number of rotatable bonds is 7. The van der Waals surface area contributed by atoms with Crippen LogP contribution in [0.2, 0.25) is 0 Å². The Kier molecular flexibility index (Phi) is 6.88. The zero-order valence-corrected chi connectivity index (χ0v) is 19.3. The van der Waals surface area contributed by atoms with E-state index in [4.69, 9.17) is 9.97 Å². The second-order valence-corrected chi connectivity index (χ2v) is 9.00. The van der Waals surface area contributed by atoms with Gasteiger partial charge < -0.3 is 15.5 Å². The molecule has 0 atom stereocenters. The van der Waals surface area contributed by atoms with Gasteiger partial charge in [-0.1, -0.05) is 42.0 Å². The van der Waals surface area contributed by atoms with Gasteiger partial charge in [0, 0.05) is 38.0 Å². The Morgan fingerprint density at radius 3 is 2.44 bits per heavy atom. The van der Waals surface area contributed by atoms with E-state index in [1.54, 1.807) is 0 Å². The number of para-hydroxylation sites is 1. The van der Waals surface area contributed by atoms with Crippen molar-refractivity contribution in [3.63, 3.8) is 0 Å². The number of carbonyl (C=O) groups is 1. The van der Waals surface area contributed by atoms with E-state index in [1.807, 2.05) is 37.2 Å². The first kappa shape index (κ1) is 22.1. The van der Waals surface area contributed by atoms with Gasteiger partial charge in [-0.3, -0.25) is 4.79 Å². The van der Waals surface area contributed by atoms with Crippen molar-refractivity contribution in [3.8, 4) is 0 Å². The number of aryl methyl sites for hydroxylation is 1. The van der Waals surface area contributed by atoms with Crippen molar-refractivity contribution in [2.24, 2.45) is 5.92 Å². The van der Waals surface area contributed by atoms with E-state index in [-0.39, 0.29) is 11.8 Å². The van der Waals surface area contributed by atoms with Crippen molar-refractivity contribution in [1.29, 1.82) is 0 Å². The lowest BCUT2D eigenvalue weighted by atomic mass is 9.85. The maximum absolute atomic E-state index is 12.6. The first-order chi connectivity index (χ1) is 15.5. The van der Waals surface area contributed by atoms with Crippen LogP contribution in [0.3, 0.4) is 0 Å². The standard InChI is InChI=1S/C26H33N5O/c1-18-8-10-19(11-9-18)16-17-27-25(32)20-12-14-21(15-13-20)28-26-29-23-7-5-4-6-22(23)24(30-26)31(2)3/h4-11,20-21H,12-17H2,1-3H3,(H,27,32)(H,28,29,30)/t20-,21+. The molecular formula is C26H33N5O. The van der Waals surface area contributed by atoms with Gasteiger partial charge in [0.15, 0.2) is 0 Å². The van der Waals surface area contributed by atoms with E-state index in [1.165, 1.54) is 11.1 Å². The third-order valence-electron chi connectivity index (χ3n) is 6.27. The van der Waals surface area contributed by atoms with Crippen LogP contribution in [0.5, 0.6) is 0 Å². The minimum Gasteiger partial charge on any atom is -0.362 e. The second kappa shape index (κ2) is 9.98. The van der Waals surface area contributed by atoms with Crippen LogP contribution in [-0.2, 0) is 11.2 Å². The summed E-state index contributed by atoms with van der Waals surface area (Å²) in [5.41, 5.74) is 3.46. The Labute approximate surface area is 190 Å². The normalized spacial score (nSPS) is 18.3. The zero-order chi connectivity index (χ0) is 22.5. The molecule has 0 spiro atoms. The number of nitrogens with zero attached hydrogens (tertiary/aromatic N) is 3. The molecule has 2 aromatic carbocycles. The molecule has 2 N–H and O–H groups in total. The smallest absolute Gasteiger partial charge is 0.225 e. The maximum Gasteiger partial charge on any atom is 0.225 e. The highest BCUT2D eigenvalue weighted by Gasteiger charge is 2.26. The van der Waals surface area contributed by atoms with Gasteiger partial charge in [-0.25, -0.2) is 4.98 Å². The Morgan fingerprint density at radius 2 is 1.72 bits per heavy atom. The number of benzene rings is 2. The second-order valence-electron chi connectivity index (χ2n) is 9.00. The summed E-state index contributed by atoms with van der Waals surface area (Å²) >= 11 is 0. The Hall–Kier alpha value is -3.15. The fourth-order valence-electron chi connectivity index (χ4n) is 4.38. The summed E-state index contributed by atoms with van der Waals surface area (Å²) in [6.45, 7) is 2.78. The van der Waals surface area contributed by atoms with Crippen molar-refractivity contribution in [1.82, 2.24) is 15.3 Å². The Morgan fingerprint density at radius 1 is 1.00 bits per heavy atom. The predicted molar refractivity (Wildman–Crippen MR) is 131 cm³/mol. The Bertz CT molecular complexity index is 1060. The van der Waals surface area contributed by atoms with Gasteiger partial charge in [0.05, 0.1) is 5.52 Å². The molecule has 0 bridgehead atoms. The van der Waals surface area contributed by atoms with Gasteiger partial charge in [0.1, 0.15) is 5.82 Å². The molecule has 3 aromatic rings. The largest absolute Gasteiger partial charge is 0.362 e. The van der Waals surface area contributed by atoms with Gasteiger partial charge in [0.2, 0.25) is 11.9 Å². The topological polar surface area (TPSA) is 70.2 Å². The molecule has 4 rings (SSSR count). The van der Waals surface area contributed by atoms with Gasteiger partial charge in [-0.15, -0.1) is 0 Å². The summed E-state index contributed by atoms with van der Waals surface area (Å²) in [6, 6.07) is 16.9. The molecule has 0 unspecified atom stereocenters. The van der Waals surface area contributed by atoms with Crippen molar-refractivity contribution in [2.75, 3.05) is 30.9 Å². The van der Waals surface area contributed by atoms with Crippen molar-refractivity contribution in [2.45, 2.75) is 45.1 Å². The van der Waals surface area contributed by atoms with Gasteiger partial charge >= 0.3 is 0 Å². The van der Waals surface area contributed by atoms with Crippen LogP contribution in [0, 0.1) is 12.8 Å². The quantitative estimate of drug-likeness (QED) is 0.583. The highest BCUT2D eigenvalue weighted by atomic mass is 16.1. The number of carbonyl (C=O) groups excluding carboxylic acids is 1. The molecule has 1 aliphatic carbocycles. The number of anilines is 2. The molecule has 6 heteroatoms. The molecule has 1 amide bonds. The molecule has 1 saturated carbocycles. The van der Waals surface area contributed by atoms with E-state index in [2.05, 4.69) is 47.9 Å². The third-order valence-corrected chi connectivity index (χ3v) is 6.27. The molecule has 1 aliphatic rings. The average molecular weight is 432 g/mol. The number of fused-ring (bicyclic) bond motifs is 1. The maximum atomic E-state index is 12.6. The number of aromatic nitrogens is 2. The van der Waals surface area contributed by atoms with E-state index >= 15 is 0 Å². The molecule has 1 fully saturated rings. The summed E-state index contributed by atoms with van der Waals surface area (Å²) in [5.74, 6) is 1.87. The van der Waals surface area contributed by atoms with E-state index in [0.717, 1.165) is 48.8 Å². The predicted octanol–water partition coefficient (Wildman–Crippen LogP) is 4.33. The van der Waals surface area contributed by atoms with Crippen LogP contribution >= 0.6 is 0 Å². The van der Waals surface area contributed by atoms with Crippen LogP contribution in [0.15, 0.2) is 48.5 Å². The summed E-state index contributed by atoms with van der Waals surface area (Å²) < 4.78 is 0. The van der Waals surface area contributed by atoms with Crippen LogP contribution in [0.4, 0.5) is 11.8 Å². The molecule has 0 aliphatic heterocycles. The Balaban J connectivity index is 1.28. The third kappa shape index (κ3) is 5.36. The monoisotopic (exact) mass is 431 g/mol. The van der Waals surface area contributed by atoms with E-state index in [0.29, 0.717) is 18.5 Å². The molecular weight excluding hydrogens is 398 g/mol. The molecule has 32 heavy (non-hydrogen) atoms. The summed E-state index contributed by atoms with van der Waals surface area (Å²) in [4.78, 5) is 24.1. The van der Waals surface area contributed by atoms with Crippen LogP contribution in [0.25, 0.3) is 10.9 Å². The highest BCUT2D eigenvalue weighted by Crippen LogP contribution is 2.28. The zero-order valence-electron chi connectivity index (χ0n) is 19.3. The fraction of sp³-hybridized carbons (Fsp3) is 0.423. The number of nitrogens with one attached hydrogen (secondary N) is 2. The average Bonchev–Trinajstić information content (AvgIpc) is 2.80. The summed E-state index contributed by atoms with van der Waals surface area (Å²) in [6.07, 6.45) is 4.55. The molecule has 0 saturated heterocycles. The number of hydrogen-bond donors (Lipinski definition) is 2. The van der Waals surface area contributed by atoms with Crippen LogP contribution in [0.1, 0.15) is 36.8 Å². The lowest BCUT2D eigenvalue weighted by Crippen LogP contribution is -2.37. The lowest BCUT2D eigenvalue weighted by Gasteiger charge is -2.28. The highest BCUT2D eigenvalue weighted by molar-refractivity contribution is 5.90. The lowest BCUT2D eigenvalue weighted by molar-refractivity contribution is -0.125. The minimum atomic E-state index is 0.0981. The molecule has 1 aromatic heterocycles. The molecule has 1 heterocycles. The van der Waals surface area contributed by atoms with E-state index in [9.17, 15) is 4.79 Å². The van der Waals surface area contributed by atoms with Crippen LogP contribution < -0.4 is 15.5 Å². The summed E-state index contributed by atoms with van der Waals surface area (Å²) in [7, 11) is 4.00. The first-order valence-electron chi connectivity index (χ1n) is 11.5. The first-order valence-corrected chi connectivity index (χ1v) is 11.5. The number of hydrogen-bond acceptors (Lipinski definition) is 5. The van der Waals surface area contributed by atoms with Gasteiger partial charge in [0.25, 0.3) is 0 Å². The van der Waals surface area contributed by atoms with Crippen LogP contribution in [-0.4, -0.2) is 42.6 Å². The SMILES string of the molecule is Cc1ccc(CCNC(=O)[C@H]2CC[C@@H](Nc3nc(N(C)C)c4ccccc4n3)CC2)cc1. The molecule has 0 radical (unpaired) electrons. The van der Waals surface area contributed by atoms with Gasteiger partial charge in [-0.05, 0) is 56.7 Å². The van der Waals surface area contributed by atoms with Crippen molar-refractivity contribution in [3.05, 3.63) is 59.7 Å².